The van der Waals surface area contributed by atoms with Crippen LogP contribution in [0.15, 0.2) is 53.5 Å². The maximum absolute atomic E-state index is 13.5. The Morgan fingerprint density at radius 2 is 1.77 bits per heavy atom. The van der Waals surface area contributed by atoms with Gasteiger partial charge in [0.05, 0.1) is 12.6 Å². The minimum atomic E-state index is -0.609. The second-order valence-electron chi connectivity index (χ2n) is 6.86. The molecule has 0 radical (unpaired) electrons. The number of methoxy groups -OCH3 is 1. The molecule has 7 nitrogen and oxygen atoms in total. The zero-order valence-electron chi connectivity index (χ0n) is 16.3. The monoisotopic (exact) mass is 413 g/mol. The Balaban J connectivity index is 1.55. The number of rotatable bonds is 3. The molecule has 1 aromatic heterocycles. The zero-order valence-corrected chi connectivity index (χ0v) is 16.3. The maximum atomic E-state index is 13.5. The molecule has 2 N–H and O–H groups in total. The summed E-state index contributed by atoms with van der Waals surface area (Å²) < 4.78 is 32.4. The predicted octanol–water partition coefficient (Wildman–Crippen LogP) is 3.31. The number of benzene rings is 2. The zero-order chi connectivity index (χ0) is 21.1. The molecule has 0 atom stereocenters. The number of pyridine rings is 1. The second-order valence-corrected chi connectivity index (χ2v) is 6.86. The highest BCUT2D eigenvalue weighted by molar-refractivity contribution is 5.87. The summed E-state index contributed by atoms with van der Waals surface area (Å²) in [5.41, 5.74) is 3.89. The number of guanidine groups is 1. The quantitative estimate of drug-likeness (QED) is 0.390. The number of anilines is 1. The van der Waals surface area contributed by atoms with E-state index in [-0.39, 0.29) is 5.96 Å². The van der Waals surface area contributed by atoms with Gasteiger partial charge in [-0.3, -0.25) is 5.21 Å². The molecule has 4 rings (SSSR count). The van der Waals surface area contributed by atoms with Crippen LogP contribution < -0.4 is 15.1 Å². The average Bonchev–Trinajstić information content (AvgIpc) is 2.76. The third-order valence-electron chi connectivity index (χ3n) is 4.98. The smallest absolute Gasteiger partial charge is 0.240 e. The molecular formula is C21H21F2N5O2. The summed E-state index contributed by atoms with van der Waals surface area (Å²) in [5, 5.41) is 10.6. The van der Waals surface area contributed by atoms with Crippen LogP contribution in [0.5, 0.6) is 5.88 Å². The summed E-state index contributed by atoms with van der Waals surface area (Å²) in [6.45, 7) is 2.01. The van der Waals surface area contributed by atoms with Crippen molar-refractivity contribution in [1.29, 1.82) is 0 Å². The lowest BCUT2D eigenvalue weighted by Crippen LogP contribution is -2.52. The lowest BCUT2D eigenvalue weighted by Gasteiger charge is -2.37. The van der Waals surface area contributed by atoms with Crippen molar-refractivity contribution in [2.24, 2.45) is 4.99 Å². The number of hydrogen-bond donors (Lipinski definition) is 2. The lowest BCUT2D eigenvalue weighted by atomic mass is 10.2. The van der Waals surface area contributed by atoms with Gasteiger partial charge in [-0.15, -0.1) is 0 Å². The van der Waals surface area contributed by atoms with Crippen molar-refractivity contribution < 1.29 is 18.7 Å². The normalized spacial score (nSPS) is 14.9. The number of fused-ring (bicyclic) bond motifs is 1. The minimum Gasteiger partial charge on any atom is -0.479 e. The van der Waals surface area contributed by atoms with Gasteiger partial charge in [0.2, 0.25) is 11.8 Å². The molecule has 156 valence electrons. The fourth-order valence-electron chi connectivity index (χ4n) is 3.50. The minimum absolute atomic E-state index is 0.246. The van der Waals surface area contributed by atoms with Gasteiger partial charge in [-0.25, -0.2) is 24.2 Å². The van der Waals surface area contributed by atoms with E-state index in [9.17, 15) is 14.0 Å². The fourth-order valence-corrected chi connectivity index (χ4v) is 3.50. The van der Waals surface area contributed by atoms with Crippen LogP contribution in [0.25, 0.3) is 10.9 Å². The van der Waals surface area contributed by atoms with Crippen LogP contribution in [0.1, 0.15) is 0 Å². The Morgan fingerprint density at radius 1 is 1.07 bits per heavy atom. The van der Waals surface area contributed by atoms with Crippen molar-refractivity contribution >= 4 is 28.2 Å². The molecule has 0 bridgehead atoms. The summed E-state index contributed by atoms with van der Waals surface area (Å²) in [7, 11) is 1.51. The highest BCUT2D eigenvalue weighted by atomic mass is 19.1. The summed E-state index contributed by atoms with van der Waals surface area (Å²) in [6, 6.07) is 12.9. The molecule has 0 unspecified atom stereocenters. The number of hydrogen-bond acceptors (Lipinski definition) is 5. The number of aromatic nitrogens is 1. The lowest BCUT2D eigenvalue weighted by molar-refractivity contribution is 0.207. The standard InChI is InChI=1S/C21H21F2N5O2/c1-30-20-19(10-14-4-2-3-5-18(14)24-20)25-21(26-29)28-8-6-27(7-9-28)17-12-15(22)11-16(23)13-17/h2-5,10-13,29H,6-9H2,1H3,(H,25,26). The van der Waals surface area contributed by atoms with E-state index in [4.69, 9.17) is 4.74 Å². The SMILES string of the molecule is COc1nc2ccccc2cc1N=C(NO)N1CCN(c2cc(F)cc(F)c2)CC1. The van der Waals surface area contributed by atoms with Gasteiger partial charge >= 0.3 is 0 Å². The molecule has 1 aliphatic rings. The first kappa shape index (κ1) is 19.8. The molecule has 0 amide bonds. The Labute approximate surface area is 172 Å². The van der Waals surface area contributed by atoms with E-state index in [1.54, 1.807) is 0 Å². The van der Waals surface area contributed by atoms with Crippen LogP contribution in [0.2, 0.25) is 0 Å². The first-order chi connectivity index (χ1) is 14.6. The number of ether oxygens (including phenoxy) is 1. The maximum Gasteiger partial charge on any atom is 0.240 e. The van der Waals surface area contributed by atoms with Gasteiger partial charge in [-0.2, -0.15) is 0 Å². The van der Waals surface area contributed by atoms with E-state index in [0.29, 0.717) is 43.4 Å². The molecule has 1 aliphatic heterocycles. The Hall–Kier alpha value is -3.46. The number of aliphatic imine (C=N–C) groups is 1. The molecule has 1 fully saturated rings. The fraction of sp³-hybridized carbons (Fsp3) is 0.238. The number of para-hydroxylation sites is 1. The van der Waals surface area contributed by atoms with Crippen LogP contribution in [-0.4, -0.2) is 54.3 Å². The molecule has 0 saturated carbocycles. The second kappa shape index (κ2) is 8.50. The summed E-state index contributed by atoms with van der Waals surface area (Å²) in [4.78, 5) is 12.7. The predicted molar refractivity (Wildman–Crippen MR) is 110 cm³/mol. The van der Waals surface area contributed by atoms with E-state index in [2.05, 4.69) is 15.5 Å². The van der Waals surface area contributed by atoms with Crippen LogP contribution in [0.4, 0.5) is 20.2 Å². The van der Waals surface area contributed by atoms with Crippen molar-refractivity contribution in [3.05, 3.63) is 60.2 Å². The largest absolute Gasteiger partial charge is 0.479 e. The van der Waals surface area contributed by atoms with E-state index in [0.717, 1.165) is 17.0 Å². The molecule has 9 heteroatoms. The molecule has 2 aromatic carbocycles. The van der Waals surface area contributed by atoms with E-state index < -0.39 is 11.6 Å². The van der Waals surface area contributed by atoms with Gasteiger partial charge in [0, 0.05) is 43.3 Å². The first-order valence-corrected chi connectivity index (χ1v) is 9.46. The van der Waals surface area contributed by atoms with Crippen LogP contribution >= 0.6 is 0 Å². The third kappa shape index (κ3) is 4.11. The van der Waals surface area contributed by atoms with Gasteiger partial charge in [0.1, 0.15) is 17.3 Å². The van der Waals surface area contributed by atoms with Crippen LogP contribution in [-0.2, 0) is 0 Å². The van der Waals surface area contributed by atoms with Crippen LogP contribution in [0, 0.1) is 11.6 Å². The average molecular weight is 413 g/mol. The van der Waals surface area contributed by atoms with E-state index in [1.807, 2.05) is 40.1 Å². The number of hydroxylamine groups is 1. The van der Waals surface area contributed by atoms with Crippen molar-refractivity contribution in [1.82, 2.24) is 15.4 Å². The Kier molecular flexibility index (Phi) is 5.62. The highest BCUT2D eigenvalue weighted by Gasteiger charge is 2.21. The molecule has 0 aliphatic carbocycles. The van der Waals surface area contributed by atoms with Crippen molar-refractivity contribution in [2.75, 3.05) is 38.2 Å². The molecule has 3 aromatic rings. The number of halogens is 2. The van der Waals surface area contributed by atoms with Crippen LogP contribution in [0.3, 0.4) is 0 Å². The van der Waals surface area contributed by atoms with Crippen molar-refractivity contribution in [3.8, 4) is 5.88 Å². The van der Waals surface area contributed by atoms with Gasteiger partial charge < -0.3 is 14.5 Å². The van der Waals surface area contributed by atoms with E-state index >= 15 is 0 Å². The van der Waals surface area contributed by atoms with Gasteiger partial charge in [-0.05, 0) is 24.3 Å². The highest BCUT2D eigenvalue weighted by Crippen LogP contribution is 2.29. The molecule has 1 saturated heterocycles. The third-order valence-corrected chi connectivity index (χ3v) is 4.98. The summed E-state index contributed by atoms with van der Waals surface area (Å²) >= 11 is 0. The van der Waals surface area contributed by atoms with Crippen molar-refractivity contribution in [2.45, 2.75) is 0 Å². The Bertz CT molecular complexity index is 1060. The van der Waals surface area contributed by atoms with E-state index in [1.165, 1.54) is 19.2 Å². The molecule has 30 heavy (non-hydrogen) atoms. The first-order valence-electron chi connectivity index (χ1n) is 9.46. The molecular weight excluding hydrogens is 392 g/mol. The Morgan fingerprint density at radius 3 is 2.43 bits per heavy atom. The summed E-state index contributed by atoms with van der Waals surface area (Å²) in [6.07, 6.45) is 0. The topological polar surface area (TPSA) is 73.2 Å². The molecule has 2 heterocycles. The summed E-state index contributed by atoms with van der Waals surface area (Å²) in [5.74, 6) is -0.629. The number of piperazine rings is 1. The number of nitrogens with one attached hydrogen (secondary N) is 1. The molecule has 0 spiro atoms. The van der Waals surface area contributed by atoms with Gasteiger partial charge in [-0.1, -0.05) is 18.2 Å². The van der Waals surface area contributed by atoms with Crippen molar-refractivity contribution in [3.63, 3.8) is 0 Å². The van der Waals surface area contributed by atoms with Gasteiger partial charge in [0.25, 0.3) is 0 Å². The number of nitrogens with zero attached hydrogens (tertiary/aromatic N) is 4. The van der Waals surface area contributed by atoms with Gasteiger partial charge in [0.15, 0.2) is 0 Å².